The Morgan fingerprint density at radius 2 is 2.00 bits per heavy atom. The SMILES string of the molecule is COC(=O)[C@H](CCCC(C)C)[C@H]1CCC2=CC3(CC[C@@]21C)OCCO3. The van der Waals surface area contributed by atoms with Gasteiger partial charge in [-0.2, -0.15) is 0 Å². The third kappa shape index (κ3) is 3.66. The largest absolute Gasteiger partial charge is 0.469 e. The standard InChI is InChI=1S/C21H34O4/c1-15(2)6-5-7-17(19(22)23-4)18-9-8-16-14-21(24-12-13-25-21)11-10-20(16,18)3/h14-15,17-18H,5-13H2,1-4H3/t17-,18-,20+/m1/s1. The van der Waals surface area contributed by atoms with E-state index in [0.717, 1.165) is 38.5 Å². The maximum atomic E-state index is 12.6. The summed E-state index contributed by atoms with van der Waals surface area (Å²) in [5.41, 5.74) is 1.51. The van der Waals surface area contributed by atoms with Crippen LogP contribution in [0.5, 0.6) is 0 Å². The molecule has 0 aromatic rings. The number of rotatable bonds is 6. The Labute approximate surface area is 152 Å². The molecule has 0 unspecified atom stereocenters. The molecule has 1 heterocycles. The van der Waals surface area contributed by atoms with Crippen LogP contribution in [-0.4, -0.2) is 32.1 Å². The zero-order chi connectivity index (χ0) is 18.1. The number of carbonyl (C=O) groups is 1. The first-order valence-electron chi connectivity index (χ1n) is 9.98. The molecule has 3 rings (SSSR count). The molecule has 3 aliphatic rings. The lowest BCUT2D eigenvalue weighted by atomic mass is 9.64. The minimum atomic E-state index is -0.484. The molecule has 0 radical (unpaired) electrons. The van der Waals surface area contributed by atoms with Gasteiger partial charge in [0, 0.05) is 6.42 Å². The lowest BCUT2D eigenvalue weighted by molar-refractivity contribution is -0.151. The molecule has 3 atom stereocenters. The monoisotopic (exact) mass is 350 g/mol. The number of allylic oxidation sites excluding steroid dienone is 1. The summed E-state index contributed by atoms with van der Waals surface area (Å²) in [5.74, 6) is 0.558. The van der Waals surface area contributed by atoms with Crippen LogP contribution in [0, 0.1) is 23.2 Å². The first-order valence-corrected chi connectivity index (χ1v) is 9.98. The van der Waals surface area contributed by atoms with Crippen LogP contribution in [-0.2, 0) is 19.0 Å². The van der Waals surface area contributed by atoms with Crippen molar-refractivity contribution in [1.29, 1.82) is 0 Å². The molecular weight excluding hydrogens is 316 g/mol. The first kappa shape index (κ1) is 18.9. The summed E-state index contributed by atoms with van der Waals surface area (Å²) in [6.45, 7) is 8.20. The molecule has 0 bridgehead atoms. The maximum absolute atomic E-state index is 12.6. The molecule has 142 valence electrons. The molecular formula is C21H34O4. The molecule has 1 saturated heterocycles. The molecule has 0 aromatic heterocycles. The Morgan fingerprint density at radius 3 is 2.64 bits per heavy atom. The van der Waals surface area contributed by atoms with E-state index in [4.69, 9.17) is 14.2 Å². The van der Waals surface area contributed by atoms with Crippen molar-refractivity contribution < 1.29 is 19.0 Å². The van der Waals surface area contributed by atoms with E-state index >= 15 is 0 Å². The van der Waals surface area contributed by atoms with Crippen LogP contribution in [0.4, 0.5) is 0 Å². The van der Waals surface area contributed by atoms with Crippen molar-refractivity contribution in [2.75, 3.05) is 20.3 Å². The molecule has 1 saturated carbocycles. The molecule has 4 nitrogen and oxygen atoms in total. The van der Waals surface area contributed by atoms with E-state index in [9.17, 15) is 4.79 Å². The quantitative estimate of drug-likeness (QED) is 0.523. The highest BCUT2D eigenvalue weighted by atomic mass is 16.7. The van der Waals surface area contributed by atoms with E-state index in [2.05, 4.69) is 26.8 Å². The molecule has 2 fully saturated rings. The van der Waals surface area contributed by atoms with Crippen LogP contribution in [0.1, 0.15) is 65.7 Å². The minimum Gasteiger partial charge on any atom is -0.469 e. The average molecular weight is 350 g/mol. The molecule has 25 heavy (non-hydrogen) atoms. The lowest BCUT2D eigenvalue weighted by Gasteiger charge is -2.43. The fraction of sp³-hybridized carbons (Fsp3) is 0.857. The zero-order valence-electron chi connectivity index (χ0n) is 16.3. The molecule has 0 amide bonds. The van der Waals surface area contributed by atoms with E-state index < -0.39 is 5.79 Å². The Morgan fingerprint density at radius 1 is 1.28 bits per heavy atom. The van der Waals surface area contributed by atoms with Gasteiger partial charge in [-0.1, -0.05) is 39.2 Å². The summed E-state index contributed by atoms with van der Waals surface area (Å²) in [6.07, 6.45) is 9.49. The van der Waals surface area contributed by atoms with Gasteiger partial charge in [0.1, 0.15) is 0 Å². The first-order chi connectivity index (χ1) is 11.9. The van der Waals surface area contributed by atoms with Crippen LogP contribution in [0.15, 0.2) is 11.6 Å². The zero-order valence-corrected chi connectivity index (χ0v) is 16.3. The molecule has 0 N–H and O–H groups in total. The van der Waals surface area contributed by atoms with E-state index in [0.29, 0.717) is 25.0 Å². The second-order valence-corrected chi connectivity index (χ2v) is 8.70. The molecule has 2 aliphatic carbocycles. The number of hydrogen-bond acceptors (Lipinski definition) is 4. The molecule has 1 spiro atoms. The van der Waals surface area contributed by atoms with Crippen molar-refractivity contribution in [3.8, 4) is 0 Å². The van der Waals surface area contributed by atoms with Crippen molar-refractivity contribution >= 4 is 5.97 Å². The fourth-order valence-corrected chi connectivity index (χ4v) is 5.23. The van der Waals surface area contributed by atoms with Gasteiger partial charge in [-0.15, -0.1) is 0 Å². The maximum Gasteiger partial charge on any atom is 0.308 e. The minimum absolute atomic E-state index is 0.0131. The Kier molecular flexibility index (Phi) is 5.60. The van der Waals surface area contributed by atoms with Gasteiger partial charge in [-0.3, -0.25) is 4.79 Å². The summed E-state index contributed by atoms with van der Waals surface area (Å²) in [6, 6.07) is 0. The fourth-order valence-electron chi connectivity index (χ4n) is 5.23. The Bertz CT molecular complexity index is 518. The Hall–Kier alpha value is -0.870. The van der Waals surface area contributed by atoms with Gasteiger partial charge in [0.25, 0.3) is 0 Å². The van der Waals surface area contributed by atoms with Crippen LogP contribution < -0.4 is 0 Å². The van der Waals surface area contributed by atoms with Gasteiger partial charge < -0.3 is 14.2 Å². The summed E-state index contributed by atoms with van der Waals surface area (Å²) in [5, 5.41) is 0. The van der Waals surface area contributed by atoms with E-state index in [-0.39, 0.29) is 17.3 Å². The third-order valence-electron chi connectivity index (χ3n) is 6.73. The van der Waals surface area contributed by atoms with Gasteiger partial charge in [0.05, 0.1) is 26.2 Å². The smallest absolute Gasteiger partial charge is 0.308 e. The van der Waals surface area contributed by atoms with Crippen LogP contribution >= 0.6 is 0 Å². The highest BCUT2D eigenvalue weighted by Crippen LogP contribution is 2.58. The Balaban J connectivity index is 1.77. The van der Waals surface area contributed by atoms with Gasteiger partial charge in [-0.05, 0) is 49.0 Å². The van der Waals surface area contributed by atoms with Crippen LogP contribution in [0.2, 0.25) is 0 Å². The number of methoxy groups -OCH3 is 1. The van der Waals surface area contributed by atoms with Crippen molar-refractivity contribution in [3.05, 3.63) is 11.6 Å². The second kappa shape index (κ2) is 7.40. The van der Waals surface area contributed by atoms with Gasteiger partial charge in [0.15, 0.2) is 5.79 Å². The molecule has 4 heteroatoms. The predicted molar refractivity (Wildman–Crippen MR) is 97.0 cm³/mol. The number of carbonyl (C=O) groups excluding carboxylic acids is 1. The summed E-state index contributed by atoms with van der Waals surface area (Å²) in [4.78, 5) is 12.6. The van der Waals surface area contributed by atoms with E-state index in [1.165, 1.54) is 19.1 Å². The number of hydrogen-bond donors (Lipinski definition) is 0. The van der Waals surface area contributed by atoms with Crippen molar-refractivity contribution in [3.63, 3.8) is 0 Å². The normalized spacial score (nSPS) is 31.9. The van der Waals surface area contributed by atoms with Crippen LogP contribution in [0.25, 0.3) is 0 Å². The summed E-state index contributed by atoms with van der Waals surface area (Å²) in [7, 11) is 1.53. The summed E-state index contributed by atoms with van der Waals surface area (Å²) < 4.78 is 17.0. The van der Waals surface area contributed by atoms with Crippen molar-refractivity contribution in [2.45, 2.75) is 71.5 Å². The van der Waals surface area contributed by atoms with Gasteiger partial charge in [0.2, 0.25) is 0 Å². The van der Waals surface area contributed by atoms with Crippen molar-refractivity contribution in [2.24, 2.45) is 23.2 Å². The summed E-state index contributed by atoms with van der Waals surface area (Å²) >= 11 is 0. The number of esters is 1. The molecule has 1 aliphatic heterocycles. The predicted octanol–water partition coefficient (Wildman–Crippen LogP) is 4.48. The average Bonchev–Trinajstić information content (AvgIpc) is 3.16. The second-order valence-electron chi connectivity index (χ2n) is 8.70. The topological polar surface area (TPSA) is 44.8 Å². The van der Waals surface area contributed by atoms with Gasteiger partial charge >= 0.3 is 5.97 Å². The van der Waals surface area contributed by atoms with Crippen molar-refractivity contribution in [1.82, 2.24) is 0 Å². The third-order valence-corrected chi connectivity index (χ3v) is 6.73. The highest BCUT2D eigenvalue weighted by Gasteiger charge is 2.53. The molecule has 0 aromatic carbocycles. The lowest BCUT2D eigenvalue weighted by Crippen LogP contribution is -2.41. The van der Waals surface area contributed by atoms with Gasteiger partial charge in [-0.25, -0.2) is 0 Å². The van der Waals surface area contributed by atoms with E-state index in [1.807, 2.05) is 0 Å². The number of ether oxygens (including phenoxy) is 3. The number of fused-ring (bicyclic) bond motifs is 1. The highest BCUT2D eigenvalue weighted by molar-refractivity contribution is 5.73. The van der Waals surface area contributed by atoms with E-state index in [1.54, 1.807) is 0 Å². The van der Waals surface area contributed by atoms with Crippen LogP contribution in [0.3, 0.4) is 0 Å².